The summed E-state index contributed by atoms with van der Waals surface area (Å²) >= 11 is 0. The molecule has 200 valence electrons. The molecule has 2 amide bonds. The number of aromatic nitrogens is 6. The average Bonchev–Trinajstić information content (AvgIpc) is 3.01. The van der Waals surface area contributed by atoms with Crippen LogP contribution in [-0.2, 0) is 9.59 Å². The molecule has 40 heavy (non-hydrogen) atoms. The second kappa shape index (κ2) is 13.1. The predicted octanol–water partition coefficient (Wildman–Crippen LogP) is 4.80. The summed E-state index contributed by atoms with van der Waals surface area (Å²) in [6.45, 7) is 0. The number of hydrogen-bond acceptors (Lipinski definition) is 8. The highest BCUT2D eigenvalue weighted by Crippen LogP contribution is 2.40. The molecule has 0 spiro atoms. The van der Waals surface area contributed by atoms with Crippen molar-refractivity contribution in [3.63, 3.8) is 0 Å². The molecule has 10 heteroatoms. The summed E-state index contributed by atoms with van der Waals surface area (Å²) in [6.07, 6.45) is 13.4. The number of nitrogens with one attached hydrogen (secondary N) is 2. The van der Waals surface area contributed by atoms with E-state index in [4.69, 9.17) is 0 Å². The van der Waals surface area contributed by atoms with Gasteiger partial charge in [-0.1, -0.05) is 18.6 Å². The van der Waals surface area contributed by atoms with Crippen molar-refractivity contribution in [1.82, 2.24) is 30.4 Å². The largest absolute Gasteiger partial charge is 0.306 e. The van der Waals surface area contributed by atoms with Crippen LogP contribution in [0.5, 0.6) is 0 Å². The zero-order chi connectivity index (χ0) is 27.6. The Morgan fingerprint density at radius 1 is 0.650 bits per heavy atom. The first-order chi connectivity index (χ1) is 19.6. The quantitative estimate of drug-likeness (QED) is 0.309. The minimum atomic E-state index is -0.298. The molecule has 0 saturated heterocycles. The minimum absolute atomic E-state index is 0.234. The van der Waals surface area contributed by atoms with E-state index in [0.29, 0.717) is 23.0 Å². The van der Waals surface area contributed by atoms with Crippen LogP contribution in [0.3, 0.4) is 0 Å². The van der Waals surface area contributed by atoms with Gasteiger partial charge in [0.25, 0.3) is 0 Å². The number of carbonyl (C=O) groups is 2. The molecular weight excluding hydrogens is 504 g/mol. The van der Waals surface area contributed by atoms with E-state index in [-0.39, 0.29) is 23.7 Å². The molecule has 1 fully saturated rings. The van der Waals surface area contributed by atoms with Gasteiger partial charge < -0.3 is 10.6 Å². The lowest BCUT2D eigenvalue weighted by molar-refractivity contribution is -0.112. The molecule has 0 aliphatic heterocycles. The Bertz CT molecular complexity index is 1360. The summed E-state index contributed by atoms with van der Waals surface area (Å²) in [7, 11) is 0. The van der Waals surface area contributed by atoms with Crippen molar-refractivity contribution in [3.8, 4) is 0 Å². The van der Waals surface area contributed by atoms with Gasteiger partial charge in [-0.15, -0.1) is 10.2 Å². The van der Waals surface area contributed by atoms with E-state index in [1.165, 1.54) is 12.2 Å². The number of rotatable bonds is 8. The summed E-state index contributed by atoms with van der Waals surface area (Å²) in [5.41, 5.74) is 3.18. The zero-order valence-electron chi connectivity index (χ0n) is 21.7. The van der Waals surface area contributed by atoms with Crippen LogP contribution in [0.2, 0.25) is 0 Å². The van der Waals surface area contributed by atoms with Gasteiger partial charge in [0.1, 0.15) is 0 Å². The Balaban J connectivity index is 1.13. The third kappa shape index (κ3) is 7.47. The van der Waals surface area contributed by atoms with Crippen molar-refractivity contribution >= 4 is 35.6 Å². The van der Waals surface area contributed by atoms with Crippen molar-refractivity contribution in [2.75, 3.05) is 10.6 Å². The molecule has 4 heterocycles. The van der Waals surface area contributed by atoms with Crippen LogP contribution in [-0.4, -0.2) is 42.2 Å². The van der Waals surface area contributed by atoms with Crippen LogP contribution in [0.1, 0.15) is 60.3 Å². The highest BCUT2D eigenvalue weighted by molar-refractivity contribution is 6.01. The van der Waals surface area contributed by atoms with Crippen LogP contribution in [0.4, 0.5) is 11.6 Å². The maximum absolute atomic E-state index is 12.2. The van der Waals surface area contributed by atoms with Crippen molar-refractivity contribution < 1.29 is 9.59 Å². The molecular formula is C30H28N8O2. The molecule has 1 saturated carbocycles. The fourth-order valence-corrected chi connectivity index (χ4v) is 4.59. The standard InChI is InChI=1S/C30H28N8O2/c39-29(16-10-23-8-1-3-18-31-23)33-27-14-12-25(35-37-27)21-6-5-7-22(20-21)26-13-15-28(38-36-26)34-30(40)17-11-24-9-2-4-19-32-24/h1-4,8-19,21-22H,5-7,20H2,(H,33,37,39)(H,34,38,40)/b16-10+,17-11+/t21-,22-/m0/s1. The van der Waals surface area contributed by atoms with Gasteiger partial charge in [0.05, 0.1) is 22.8 Å². The van der Waals surface area contributed by atoms with Gasteiger partial charge in [-0.05, 0) is 79.9 Å². The van der Waals surface area contributed by atoms with Gasteiger partial charge in [-0.3, -0.25) is 19.6 Å². The zero-order valence-corrected chi connectivity index (χ0v) is 21.7. The van der Waals surface area contributed by atoms with Crippen molar-refractivity contribution in [2.24, 2.45) is 0 Å². The van der Waals surface area contributed by atoms with Crippen LogP contribution in [0.25, 0.3) is 12.2 Å². The maximum atomic E-state index is 12.2. The number of anilines is 2. The highest BCUT2D eigenvalue weighted by atomic mass is 16.2. The van der Waals surface area contributed by atoms with Crippen molar-refractivity contribution in [2.45, 2.75) is 37.5 Å². The molecule has 10 nitrogen and oxygen atoms in total. The Kier molecular flexibility index (Phi) is 8.67. The van der Waals surface area contributed by atoms with E-state index in [2.05, 4.69) is 41.0 Å². The summed E-state index contributed by atoms with van der Waals surface area (Å²) in [5.74, 6) is 0.659. The first-order valence-corrected chi connectivity index (χ1v) is 13.1. The number of carbonyl (C=O) groups excluding carboxylic acids is 2. The highest BCUT2D eigenvalue weighted by Gasteiger charge is 2.26. The van der Waals surface area contributed by atoms with Crippen molar-refractivity contribution in [3.05, 3.63) is 108 Å². The Labute approximate surface area is 231 Å². The molecule has 0 unspecified atom stereocenters. The lowest BCUT2D eigenvalue weighted by atomic mass is 9.78. The summed E-state index contributed by atoms with van der Waals surface area (Å²) in [5, 5.41) is 22.7. The van der Waals surface area contributed by atoms with Crippen LogP contribution in [0, 0.1) is 0 Å². The number of nitrogens with zero attached hydrogens (tertiary/aromatic N) is 6. The van der Waals surface area contributed by atoms with E-state index in [1.807, 2.05) is 48.5 Å². The fraction of sp³-hybridized carbons (Fsp3) is 0.200. The van der Waals surface area contributed by atoms with Crippen LogP contribution >= 0.6 is 0 Å². The number of amides is 2. The molecule has 2 N–H and O–H groups in total. The Hall–Kier alpha value is -5.12. The Morgan fingerprint density at radius 3 is 1.55 bits per heavy atom. The van der Waals surface area contributed by atoms with Gasteiger partial charge >= 0.3 is 0 Å². The summed E-state index contributed by atoms with van der Waals surface area (Å²) < 4.78 is 0. The molecule has 0 radical (unpaired) electrons. The molecule has 4 aromatic rings. The molecule has 1 aliphatic rings. The van der Waals surface area contributed by atoms with Crippen LogP contribution in [0.15, 0.2) is 85.2 Å². The third-order valence-electron chi connectivity index (χ3n) is 6.57. The predicted molar refractivity (Wildman–Crippen MR) is 152 cm³/mol. The van der Waals surface area contributed by atoms with Gasteiger partial charge in [-0.25, -0.2) is 0 Å². The van der Waals surface area contributed by atoms with Crippen LogP contribution < -0.4 is 10.6 Å². The SMILES string of the molecule is O=C(/C=C/c1ccccn1)Nc1ccc([C@H]2CCC[C@H](c3ccc(NC(=O)/C=C/c4ccccn4)nn3)C2)nn1. The Morgan fingerprint density at radius 2 is 1.15 bits per heavy atom. The number of pyridine rings is 2. The van der Waals surface area contributed by atoms with Gasteiger partial charge in [0.2, 0.25) is 11.8 Å². The van der Waals surface area contributed by atoms with Gasteiger partial charge in [-0.2, -0.15) is 10.2 Å². The van der Waals surface area contributed by atoms with Crippen molar-refractivity contribution in [1.29, 1.82) is 0 Å². The topological polar surface area (TPSA) is 136 Å². The van der Waals surface area contributed by atoms with Gasteiger partial charge in [0, 0.05) is 36.4 Å². The van der Waals surface area contributed by atoms with E-state index in [0.717, 1.165) is 37.1 Å². The lowest BCUT2D eigenvalue weighted by Gasteiger charge is -2.28. The average molecular weight is 533 g/mol. The van der Waals surface area contributed by atoms with E-state index in [9.17, 15) is 9.59 Å². The third-order valence-corrected chi connectivity index (χ3v) is 6.57. The molecule has 1 aliphatic carbocycles. The second-order valence-electron chi connectivity index (χ2n) is 9.40. The lowest BCUT2D eigenvalue weighted by Crippen LogP contribution is -2.17. The monoisotopic (exact) mass is 532 g/mol. The molecule has 0 aromatic carbocycles. The number of hydrogen-bond donors (Lipinski definition) is 2. The molecule has 2 atom stereocenters. The molecule has 4 aromatic heterocycles. The second-order valence-corrected chi connectivity index (χ2v) is 9.40. The fourth-order valence-electron chi connectivity index (χ4n) is 4.59. The van der Waals surface area contributed by atoms with E-state index < -0.39 is 0 Å². The first kappa shape index (κ1) is 26.5. The minimum Gasteiger partial charge on any atom is -0.306 e. The normalized spacial score (nSPS) is 17.1. The maximum Gasteiger partial charge on any atom is 0.249 e. The van der Waals surface area contributed by atoms with E-state index in [1.54, 1.807) is 36.7 Å². The first-order valence-electron chi connectivity index (χ1n) is 13.1. The molecule has 5 rings (SSSR count). The summed E-state index contributed by atoms with van der Waals surface area (Å²) in [6, 6.07) is 18.4. The van der Waals surface area contributed by atoms with E-state index >= 15 is 0 Å². The smallest absolute Gasteiger partial charge is 0.249 e. The molecule has 0 bridgehead atoms. The van der Waals surface area contributed by atoms with Gasteiger partial charge in [0.15, 0.2) is 11.6 Å². The summed E-state index contributed by atoms with van der Waals surface area (Å²) in [4.78, 5) is 32.7.